The highest BCUT2D eigenvalue weighted by Gasteiger charge is 2.47. The maximum Gasteiger partial charge on any atom is 0.416 e. The highest BCUT2D eigenvalue weighted by molar-refractivity contribution is 6.01. The number of carbonyl (C=O) groups is 2. The minimum Gasteiger partial charge on any atom is -0.376 e. The molecule has 2 heterocycles. The molecule has 216 valence electrons. The van der Waals surface area contributed by atoms with Crippen LogP contribution in [0.5, 0.6) is 0 Å². The maximum atomic E-state index is 13.9. The molecule has 2 amide bonds. The first-order chi connectivity index (χ1) is 19.4. The molecule has 1 saturated heterocycles. The van der Waals surface area contributed by atoms with Gasteiger partial charge in [0.2, 0.25) is 5.91 Å². The summed E-state index contributed by atoms with van der Waals surface area (Å²) in [5, 5.41) is 2.78. The zero-order valence-corrected chi connectivity index (χ0v) is 21.6. The Labute approximate surface area is 232 Å². The number of nitrogens with one attached hydrogen (secondary N) is 1. The van der Waals surface area contributed by atoms with Crippen molar-refractivity contribution >= 4 is 11.8 Å². The molecule has 0 bridgehead atoms. The van der Waals surface area contributed by atoms with E-state index < -0.39 is 58.9 Å². The van der Waals surface area contributed by atoms with Crippen LogP contribution in [0, 0.1) is 0 Å². The predicted octanol–water partition coefficient (Wildman–Crippen LogP) is 6.50. The summed E-state index contributed by atoms with van der Waals surface area (Å²) in [5.41, 5.74) is -2.35. The molecular weight excluding hydrogens is 550 g/mol. The Morgan fingerprint density at radius 2 is 1.54 bits per heavy atom. The molecule has 11 heteroatoms. The normalized spacial score (nSPS) is 21.1. The monoisotopic (exact) mass is 576 g/mol. The Balaban J connectivity index is 1.67. The fraction of sp³-hybridized carbons (Fsp3) is 0.333. The van der Waals surface area contributed by atoms with Crippen molar-refractivity contribution in [2.45, 2.75) is 49.8 Å². The molecule has 41 heavy (non-hydrogen) atoms. The second-order valence-corrected chi connectivity index (χ2v) is 10.1. The lowest BCUT2D eigenvalue weighted by Crippen LogP contribution is -2.49. The number of hydrogen-bond donors (Lipinski definition) is 1. The van der Waals surface area contributed by atoms with E-state index >= 15 is 0 Å². The van der Waals surface area contributed by atoms with Crippen molar-refractivity contribution in [3.63, 3.8) is 0 Å². The largest absolute Gasteiger partial charge is 0.416 e. The number of halogens is 6. The lowest BCUT2D eigenvalue weighted by atomic mass is 9.78. The average molecular weight is 577 g/mol. The van der Waals surface area contributed by atoms with Crippen LogP contribution in [0.4, 0.5) is 26.3 Å². The smallest absolute Gasteiger partial charge is 0.376 e. The number of benzene rings is 3. The fourth-order valence-corrected chi connectivity index (χ4v) is 5.50. The molecule has 5 rings (SSSR count). The van der Waals surface area contributed by atoms with E-state index in [1.54, 1.807) is 42.5 Å². The van der Waals surface area contributed by atoms with Gasteiger partial charge in [-0.3, -0.25) is 9.59 Å². The van der Waals surface area contributed by atoms with Crippen LogP contribution in [0.2, 0.25) is 0 Å². The summed E-state index contributed by atoms with van der Waals surface area (Å²) in [6.45, 7) is 0.385. The molecule has 2 aliphatic heterocycles. The van der Waals surface area contributed by atoms with Gasteiger partial charge in [0.05, 0.1) is 29.2 Å². The van der Waals surface area contributed by atoms with Gasteiger partial charge in [-0.1, -0.05) is 48.5 Å². The Kier molecular flexibility index (Phi) is 7.83. The number of carbonyl (C=O) groups excluding carboxylic acids is 2. The van der Waals surface area contributed by atoms with Gasteiger partial charge in [0.15, 0.2) is 0 Å². The van der Waals surface area contributed by atoms with Gasteiger partial charge < -0.3 is 15.0 Å². The van der Waals surface area contributed by atoms with Crippen LogP contribution in [0.3, 0.4) is 0 Å². The molecule has 0 aromatic heterocycles. The third-order valence-electron chi connectivity index (χ3n) is 7.41. The number of fused-ring (bicyclic) bond motifs is 1. The predicted molar refractivity (Wildman–Crippen MR) is 137 cm³/mol. The topological polar surface area (TPSA) is 58.6 Å². The molecule has 1 N–H and O–H groups in total. The van der Waals surface area contributed by atoms with Gasteiger partial charge in [0.1, 0.15) is 0 Å². The summed E-state index contributed by atoms with van der Waals surface area (Å²) < 4.78 is 88.8. The standard InChI is InChI=1S/C30H26F6N2O3/c31-29(32,33)20-13-19(14-21(15-20)30(34,35)36)26-25(27(39)37-16-18-7-2-1-3-8-18)23-10-4-5-11-24(23)28(40)38(26)17-22-9-6-12-41-22/h1-5,7-8,10-11,13-15,22,25-26H,6,9,12,16-17H2,(H,37,39). The summed E-state index contributed by atoms with van der Waals surface area (Å²) >= 11 is 0. The first-order valence-corrected chi connectivity index (χ1v) is 13.1. The third-order valence-corrected chi connectivity index (χ3v) is 7.41. The van der Waals surface area contributed by atoms with Gasteiger partial charge in [-0.15, -0.1) is 0 Å². The SMILES string of the molecule is O=C(NCc1ccccc1)C1c2ccccc2C(=O)N(CC2CCCO2)C1c1cc(C(F)(F)F)cc(C(F)(F)F)c1. The molecule has 0 aliphatic carbocycles. The van der Waals surface area contributed by atoms with Crippen molar-refractivity contribution in [2.75, 3.05) is 13.2 Å². The highest BCUT2D eigenvalue weighted by atomic mass is 19.4. The van der Waals surface area contributed by atoms with Gasteiger partial charge in [0.25, 0.3) is 5.91 Å². The van der Waals surface area contributed by atoms with Gasteiger partial charge in [-0.25, -0.2) is 0 Å². The van der Waals surface area contributed by atoms with E-state index in [0.29, 0.717) is 31.6 Å². The molecule has 3 aromatic rings. The van der Waals surface area contributed by atoms with E-state index in [1.807, 2.05) is 0 Å². The van der Waals surface area contributed by atoms with Crippen LogP contribution in [0.15, 0.2) is 72.8 Å². The molecule has 0 spiro atoms. The fourth-order valence-electron chi connectivity index (χ4n) is 5.50. The second kappa shape index (κ2) is 11.2. The summed E-state index contributed by atoms with van der Waals surface area (Å²) in [6.07, 6.45) is -9.43. The summed E-state index contributed by atoms with van der Waals surface area (Å²) in [5.74, 6) is -2.53. The first kappa shape index (κ1) is 28.7. The van der Waals surface area contributed by atoms with E-state index in [0.717, 1.165) is 5.56 Å². The molecule has 3 unspecified atom stereocenters. The Hall–Kier alpha value is -3.86. The number of hydrogen-bond acceptors (Lipinski definition) is 3. The maximum absolute atomic E-state index is 13.9. The van der Waals surface area contributed by atoms with Crippen molar-refractivity contribution in [3.8, 4) is 0 Å². The van der Waals surface area contributed by atoms with Crippen molar-refractivity contribution < 1.29 is 40.7 Å². The van der Waals surface area contributed by atoms with Crippen molar-refractivity contribution in [1.29, 1.82) is 0 Å². The molecule has 1 fully saturated rings. The Morgan fingerprint density at radius 3 is 2.15 bits per heavy atom. The van der Waals surface area contributed by atoms with E-state index in [-0.39, 0.29) is 30.3 Å². The first-order valence-electron chi connectivity index (χ1n) is 13.1. The molecule has 3 atom stereocenters. The van der Waals surface area contributed by atoms with Crippen LogP contribution in [-0.2, 0) is 28.4 Å². The van der Waals surface area contributed by atoms with E-state index in [4.69, 9.17) is 4.74 Å². The van der Waals surface area contributed by atoms with Gasteiger partial charge in [-0.05, 0) is 53.8 Å². The van der Waals surface area contributed by atoms with Crippen LogP contribution >= 0.6 is 0 Å². The van der Waals surface area contributed by atoms with Gasteiger partial charge in [-0.2, -0.15) is 26.3 Å². The van der Waals surface area contributed by atoms with Crippen molar-refractivity contribution in [3.05, 3.63) is 106 Å². The number of rotatable bonds is 6. The molecule has 0 saturated carbocycles. The van der Waals surface area contributed by atoms with Crippen molar-refractivity contribution in [1.82, 2.24) is 10.2 Å². The zero-order valence-electron chi connectivity index (χ0n) is 21.6. The Bertz CT molecular complexity index is 1390. The van der Waals surface area contributed by atoms with Crippen LogP contribution in [0.1, 0.15) is 63.0 Å². The molecule has 2 aliphatic rings. The van der Waals surface area contributed by atoms with Gasteiger partial charge >= 0.3 is 12.4 Å². The van der Waals surface area contributed by atoms with E-state index in [1.165, 1.54) is 17.0 Å². The number of amides is 2. The Morgan fingerprint density at radius 1 is 0.902 bits per heavy atom. The quantitative estimate of drug-likeness (QED) is 0.341. The average Bonchev–Trinajstić information content (AvgIpc) is 3.46. The number of ether oxygens (including phenoxy) is 1. The highest BCUT2D eigenvalue weighted by Crippen LogP contribution is 2.46. The third kappa shape index (κ3) is 6.09. The zero-order chi connectivity index (χ0) is 29.4. The number of nitrogens with zero attached hydrogens (tertiary/aromatic N) is 1. The summed E-state index contributed by atoms with van der Waals surface area (Å²) in [7, 11) is 0. The summed E-state index contributed by atoms with van der Waals surface area (Å²) in [6, 6.07) is 14.8. The molecular formula is C30H26F6N2O3. The molecule has 5 nitrogen and oxygen atoms in total. The van der Waals surface area contributed by atoms with Crippen LogP contribution < -0.4 is 5.32 Å². The van der Waals surface area contributed by atoms with Crippen molar-refractivity contribution in [2.24, 2.45) is 0 Å². The lowest BCUT2D eigenvalue weighted by Gasteiger charge is -2.43. The second-order valence-electron chi connectivity index (χ2n) is 10.1. The summed E-state index contributed by atoms with van der Waals surface area (Å²) in [4.78, 5) is 28.8. The van der Waals surface area contributed by atoms with Gasteiger partial charge in [0, 0.05) is 25.3 Å². The number of alkyl halides is 6. The minimum atomic E-state index is -5.10. The van der Waals surface area contributed by atoms with E-state index in [2.05, 4.69) is 5.32 Å². The minimum absolute atomic E-state index is 0.0387. The van der Waals surface area contributed by atoms with Crippen LogP contribution in [-0.4, -0.2) is 36.0 Å². The van der Waals surface area contributed by atoms with E-state index in [9.17, 15) is 35.9 Å². The molecule has 3 aromatic carbocycles. The lowest BCUT2D eigenvalue weighted by molar-refractivity contribution is -0.143. The van der Waals surface area contributed by atoms with Crippen LogP contribution in [0.25, 0.3) is 0 Å². The molecule has 0 radical (unpaired) electrons.